The zero-order valence-electron chi connectivity index (χ0n) is 27.1. The summed E-state index contributed by atoms with van der Waals surface area (Å²) < 4.78 is 36.0. The summed E-state index contributed by atoms with van der Waals surface area (Å²) >= 11 is 0. The Morgan fingerprint density at radius 3 is 2.44 bits per heavy atom. The number of aryl methyl sites for hydroxylation is 1. The van der Waals surface area contributed by atoms with Gasteiger partial charge in [-0.3, -0.25) is 9.59 Å². The van der Waals surface area contributed by atoms with Gasteiger partial charge >= 0.3 is 0 Å². The van der Waals surface area contributed by atoms with Crippen LogP contribution in [0.15, 0.2) is 102 Å². The second kappa shape index (κ2) is 12.3. The van der Waals surface area contributed by atoms with E-state index in [1.165, 1.54) is 15.9 Å². The Hall–Kier alpha value is -5.65. The SMILES string of the molecule is Cc1ccc(S(=O)(=O)n2c(-c3ccc(C=O)cc3)cc3c(-c4cccc(N5CCOc6cc(C7CC7)ccc6C5=O)c4CO)ncnc32)cc1. The maximum atomic E-state index is 14.4. The van der Waals surface area contributed by atoms with E-state index in [2.05, 4.69) is 9.97 Å². The molecular weight excluding hydrogens is 653 g/mol. The van der Waals surface area contributed by atoms with Crippen molar-refractivity contribution in [1.82, 2.24) is 13.9 Å². The van der Waals surface area contributed by atoms with Crippen LogP contribution in [-0.2, 0) is 16.6 Å². The average molecular weight is 685 g/mol. The Balaban J connectivity index is 1.29. The summed E-state index contributed by atoms with van der Waals surface area (Å²) in [6.45, 7) is 1.99. The first kappa shape index (κ1) is 31.6. The second-order valence-corrected chi connectivity index (χ2v) is 14.4. The van der Waals surface area contributed by atoms with E-state index in [1.54, 1.807) is 77.7 Å². The molecule has 1 aliphatic carbocycles. The molecule has 8 rings (SSSR count). The molecule has 50 heavy (non-hydrogen) atoms. The highest BCUT2D eigenvalue weighted by atomic mass is 32.2. The van der Waals surface area contributed by atoms with Gasteiger partial charge in [-0.2, -0.15) is 0 Å². The van der Waals surface area contributed by atoms with Gasteiger partial charge in [0.25, 0.3) is 15.9 Å². The summed E-state index contributed by atoms with van der Waals surface area (Å²) in [7, 11) is -4.18. The lowest BCUT2D eigenvalue weighted by atomic mass is 9.99. The molecule has 1 amide bonds. The Morgan fingerprint density at radius 1 is 0.940 bits per heavy atom. The van der Waals surface area contributed by atoms with Crippen LogP contribution in [0.25, 0.3) is 33.5 Å². The van der Waals surface area contributed by atoms with Gasteiger partial charge in [-0.05, 0) is 73.2 Å². The van der Waals surface area contributed by atoms with Crippen LogP contribution < -0.4 is 9.64 Å². The highest BCUT2D eigenvalue weighted by Crippen LogP contribution is 2.43. The summed E-state index contributed by atoms with van der Waals surface area (Å²) in [6.07, 6.45) is 4.29. The largest absolute Gasteiger partial charge is 0.491 e. The Bertz CT molecular complexity index is 2420. The van der Waals surface area contributed by atoms with Crippen molar-refractivity contribution >= 4 is 38.9 Å². The number of amides is 1. The highest BCUT2D eigenvalue weighted by Gasteiger charge is 2.31. The Kier molecular flexibility index (Phi) is 7.81. The van der Waals surface area contributed by atoms with Gasteiger partial charge in [0.2, 0.25) is 0 Å². The molecule has 0 saturated heterocycles. The van der Waals surface area contributed by atoms with Crippen LogP contribution in [0, 0.1) is 6.92 Å². The van der Waals surface area contributed by atoms with Gasteiger partial charge in [0.1, 0.15) is 25.0 Å². The van der Waals surface area contributed by atoms with Crippen molar-refractivity contribution in [1.29, 1.82) is 0 Å². The Morgan fingerprint density at radius 2 is 1.72 bits per heavy atom. The van der Waals surface area contributed by atoms with Gasteiger partial charge in [-0.15, -0.1) is 0 Å². The van der Waals surface area contributed by atoms with Crippen LogP contribution in [0.4, 0.5) is 5.69 Å². The van der Waals surface area contributed by atoms with E-state index < -0.39 is 16.6 Å². The molecule has 1 N–H and O–H groups in total. The molecular formula is C39H32N4O6S. The number of carbonyl (C=O) groups is 2. The summed E-state index contributed by atoms with van der Waals surface area (Å²) in [5.41, 5.74) is 5.85. The van der Waals surface area contributed by atoms with Gasteiger partial charge in [0.05, 0.1) is 40.7 Å². The fourth-order valence-electron chi connectivity index (χ4n) is 6.64. The summed E-state index contributed by atoms with van der Waals surface area (Å²) in [4.78, 5) is 36.2. The van der Waals surface area contributed by atoms with Crippen LogP contribution in [0.1, 0.15) is 56.2 Å². The number of aromatic nitrogens is 3. The number of hydrogen-bond donors (Lipinski definition) is 1. The van der Waals surface area contributed by atoms with Crippen LogP contribution in [0.2, 0.25) is 0 Å². The molecule has 0 bridgehead atoms. The molecule has 1 aliphatic heterocycles. The van der Waals surface area contributed by atoms with Crippen molar-refractivity contribution in [2.24, 2.45) is 0 Å². The summed E-state index contributed by atoms with van der Waals surface area (Å²) in [5.74, 6) is 0.834. The predicted octanol–water partition coefficient (Wildman–Crippen LogP) is 6.53. The second-order valence-electron chi connectivity index (χ2n) is 12.6. The number of nitrogens with zero attached hydrogens (tertiary/aromatic N) is 4. The highest BCUT2D eigenvalue weighted by molar-refractivity contribution is 7.90. The van der Waals surface area contributed by atoms with Crippen LogP contribution >= 0.6 is 0 Å². The number of rotatable bonds is 8. The molecule has 3 heterocycles. The molecule has 11 heteroatoms. The van der Waals surface area contributed by atoms with Crippen LogP contribution in [0.3, 0.4) is 0 Å². The van der Waals surface area contributed by atoms with E-state index in [0.717, 1.165) is 24.7 Å². The third kappa shape index (κ3) is 5.35. The maximum Gasteiger partial charge on any atom is 0.269 e. The molecule has 4 aromatic carbocycles. The van der Waals surface area contributed by atoms with E-state index in [9.17, 15) is 23.1 Å². The van der Waals surface area contributed by atoms with E-state index >= 15 is 0 Å². The molecule has 1 saturated carbocycles. The quantitative estimate of drug-likeness (QED) is 0.179. The van der Waals surface area contributed by atoms with E-state index in [-0.39, 0.29) is 29.6 Å². The molecule has 0 spiro atoms. The summed E-state index contributed by atoms with van der Waals surface area (Å²) in [5, 5.41) is 11.3. The smallest absolute Gasteiger partial charge is 0.269 e. The number of ether oxygens (including phenoxy) is 1. The summed E-state index contributed by atoms with van der Waals surface area (Å²) in [6, 6.07) is 26.0. The zero-order valence-corrected chi connectivity index (χ0v) is 27.9. The number of aliphatic hydroxyl groups excluding tert-OH is 1. The van der Waals surface area contributed by atoms with Crippen molar-refractivity contribution < 1.29 is 27.9 Å². The molecule has 0 atom stereocenters. The molecule has 250 valence electrons. The Labute approximate surface area is 288 Å². The number of hydrogen-bond acceptors (Lipinski definition) is 8. The normalized spacial score (nSPS) is 14.7. The molecule has 2 aromatic heterocycles. The first-order chi connectivity index (χ1) is 24.3. The number of anilines is 1. The first-order valence-corrected chi connectivity index (χ1v) is 17.8. The van der Waals surface area contributed by atoms with E-state index in [4.69, 9.17) is 4.74 Å². The number of benzene rings is 4. The third-order valence-corrected chi connectivity index (χ3v) is 11.1. The number of aldehydes is 1. The lowest BCUT2D eigenvalue weighted by Gasteiger charge is -2.24. The van der Waals surface area contributed by atoms with Gasteiger partial charge in [-0.1, -0.05) is 60.2 Å². The van der Waals surface area contributed by atoms with Gasteiger partial charge in [0, 0.05) is 22.1 Å². The fraction of sp³-hybridized carbons (Fsp3) is 0.179. The minimum atomic E-state index is -4.18. The zero-order chi connectivity index (χ0) is 34.6. The molecule has 0 radical (unpaired) electrons. The lowest BCUT2D eigenvalue weighted by molar-refractivity contribution is 0.0989. The monoisotopic (exact) mass is 684 g/mol. The van der Waals surface area contributed by atoms with Crippen molar-refractivity contribution in [3.8, 4) is 28.3 Å². The van der Waals surface area contributed by atoms with E-state index in [1.807, 2.05) is 25.1 Å². The average Bonchev–Trinajstić information content (AvgIpc) is 3.94. The van der Waals surface area contributed by atoms with Crippen molar-refractivity contribution in [3.63, 3.8) is 0 Å². The van der Waals surface area contributed by atoms with Gasteiger partial charge in [0.15, 0.2) is 5.65 Å². The lowest BCUT2D eigenvalue weighted by Crippen LogP contribution is -2.33. The standard InChI is InChI=1S/C39H32N4O6S/c1-24-5-14-29(15-6-24)50(47,48)43-35(27-9-7-25(21-44)8-10-27)20-32-37(40-23-41-38(32)43)30-3-2-4-34(33(30)22-45)42-17-18-49-36-19-28(26-11-12-26)13-16-31(36)39(42)46/h2-10,13-16,19-21,23,26,45H,11-12,17-18,22H2,1H3. The molecule has 0 unspecified atom stereocenters. The topological polar surface area (TPSA) is 132 Å². The minimum Gasteiger partial charge on any atom is -0.491 e. The molecule has 6 aromatic rings. The number of carbonyl (C=O) groups excluding carboxylic acids is 2. The van der Waals surface area contributed by atoms with E-state index in [0.29, 0.717) is 61.9 Å². The predicted molar refractivity (Wildman–Crippen MR) is 189 cm³/mol. The van der Waals surface area contributed by atoms with Crippen molar-refractivity contribution in [3.05, 3.63) is 125 Å². The van der Waals surface area contributed by atoms with Crippen molar-refractivity contribution in [2.45, 2.75) is 37.2 Å². The fourth-order valence-corrected chi connectivity index (χ4v) is 8.12. The minimum absolute atomic E-state index is 0.0796. The number of aliphatic hydroxyl groups is 1. The number of fused-ring (bicyclic) bond motifs is 2. The first-order valence-electron chi connectivity index (χ1n) is 16.3. The maximum absolute atomic E-state index is 14.4. The molecule has 2 aliphatic rings. The van der Waals surface area contributed by atoms with Crippen LogP contribution in [-0.4, -0.2) is 52.8 Å². The van der Waals surface area contributed by atoms with Crippen molar-refractivity contribution in [2.75, 3.05) is 18.1 Å². The van der Waals surface area contributed by atoms with Gasteiger partial charge in [-0.25, -0.2) is 22.4 Å². The molecule has 10 nitrogen and oxygen atoms in total. The third-order valence-electron chi connectivity index (χ3n) is 9.41. The van der Waals surface area contributed by atoms with Gasteiger partial charge < -0.3 is 14.7 Å². The van der Waals surface area contributed by atoms with Crippen LogP contribution in [0.5, 0.6) is 5.75 Å². The molecule has 1 fully saturated rings.